The third-order valence-corrected chi connectivity index (χ3v) is 6.59. The Morgan fingerprint density at radius 3 is 2.38 bits per heavy atom. The number of anilines is 1. The highest BCUT2D eigenvalue weighted by Gasteiger charge is 2.25. The fourth-order valence-electron chi connectivity index (χ4n) is 1.46. The summed E-state index contributed by atoms with van der Waals surface area (Å²) >= 11 is 14.2. The standard InChI is InChI=1S/C12H19BrN3O2PS2/c1-4-17-19(21,18-5-2)16(3)15-12(20)14-11-9-7-6-8-10(11)13/h6-9H,4-5H2,1-3H3,(H2,14,15,20). The van der Waals surface area contributed by atoms with Gasteiger partial charge in [0.1, 0.15) is 0 Å². The van der Waals surface area contributed by atoms with Crippen LogP contribution in [0, 0.1) is 0 Å². The molecule has 21 heavy (non-hydrogen) atoms. The second kappa shape index (κ2) is 9.15. The molecule has 0 radical (unpaired) electrons. The van der Waals surface area contributed by atoms with E-state index in [2.05, 4.69) is 26.7 Å². The number of benzene rings is 1. The van der Waals surface area contributed by atoms with Crippen LogP contribution in [0.2, 0.25) is 0 Å². The number of para-hydroxylation sites is 1. The van der Waals surface area contributed by atoms with Gasteiger partial charge in [-0.2, -0.15) is 0 Å². The van der Waals surface area contributed by atoms with Crippen LogP contribution < -0.4 is 10.7 Å². The van der Waals surface area contributed by atoms with Gasteiger partial charge in [-0.1, -0.05) is 12.1 Å². The molecule has 1 aromatic rings. The number of hydrogen-bond donors (Lipinski definition) is 2. The molecule has 0 spiro atoms. The summed E-state index contributed by atoms with van der Waals surface area (Å²) in [6.07, 6.45) is 0. The molecule has 1 rings (SSSR count). The third-order valence-electron chi connectivity index (χ3n) is 2.34. The van der Waals surface area contributed by atoms with E-state index in [9.17, 15) is 0 Å². The van der Waals surface area contributed by atoms with Crippen molar-refractivity contribution in [3.63, 3.8) is 0 Å². The first-order valence-electron chi connectivity index (χ1n) is 6.38. The highest BCUT2D eigenvalue weighted by Crippen LogP contribution is 2.49. The quantitative estimate of drug-likeness (QED) is 0.400. The second-order valence-corrected chi connectivity index (χ2v) is 8.57. The maximum absolute atomic E-state index is 5.58. The minimum absolute atomic E-state index is 0.415. The van der Waals surface area contributed by atoms with Crippen LogP contribution in [-0.4, -0.2) is 30.2 Å². The lowest BCUT2D eigenvalue weighted by molar-refractivity contribution is 0.217. The number of hydrogen-bond acceptors (Lipinski definition) is 4. The molecule has 0 saturated heterocycles. The highest BCUT2D eigenvalue weighted by atomic mass is 79.9. The molecule has 0 aromatic heterocycles. The summed E-state index contributed by atoms with van der Waals surface area (Å²) in [5.74, 6) is 0. The van der Waals surface area contributed by atoms with Crippen LogP contribution in [0.4, 0.5) is 5.69 Å². The fraction of sp³-hybridized carbons (Fsp3) is 0.417. The Morgan fingerprint density at radius 1 is 1.29 bits per heavy atom. The molecule has 0 bridgehead atoms. The molecule has 0 amide bonds. The zero-order valence-electron chi connectivity index (χ0n) is 12.1. The van der Waals surface area contributed by atoms with Crippen molar-refractivity contribution in [2.45, 2.75) is 13.8 Å². The van der Waals surface area contributed by atoms with Crippen molar-refractivity contribution in [2.24, 2.45) is 0 Å². The molecular formula is C12H19BrN3O2PS2. The summed E-state index contributed by atoms with van der Waals surface area (Å²) in [6, 6.07) is 7.70. The van der Waals surface area contributed by atoms with Crippen LogP contribution >= 0.6 is 34.8 Å². The molecule has 0 unspecified atom stereocenters. The maximum atomic E-state index is 5.58. The molecule has 118 valence electrons. The van der Waals surface area contributed by atoms with Crippen molar-refractivity contribution < 1.29 is 9.05 Å². The van der Waals surface area contributed by atoms with Gasteiger partial charge in [-0.05, 0) is 65.9 Å². The number of nitrogens with one attached hydrogen (secondary N) is 2. The van der Waals surface area contributed by atoms with E-state index in [1.165, 1.54) is 0 Å². The molecule has 9 heteroatoms. The summed E-state index contributed by atoms with van der Waals surface area (Å²) in [4.78, 5) is 0. The average Bonchev–Trinajstić information content (AvgIpc) is 2.42. The Morgan fingerprint density at radius 2 is 1.86 bits per heavy atom. The van der Waals surface area contributed by atoms with Crippen molar-refractivity contribution in [2.75, 3.05) is 25.6 Å². The van der Waals surface area contributed by atoms with E-state index < -0.39 is 6.64 Å². The molecule has 5 nitrogen and oxygen atoms in total. The van der Waals surface area contributed by atoms with Gasteiger partial charge in [-0.15, -0.1) is 4.78 Å². The van der Waals surface area contributed by atoms with E-state index in [4.69, 9.17) is 33.1 Å². The van der Waals surface area contributed by atoms with Gasteiger partial charge in [0, 0.05) is 11.5 Å². The Kier molecular flexibility index (Phi) is 8.26. The predicted molar refractivity (Wildman–Crippen MR) is 98.8 cm³/mol. The van der Waals surface area contributed by atoms with Crippen molar-refractivity contribution >= 4 is 57.4 Å². The normalized spacial score (nSPS) is 11.5. The molecule has 0 atom stereocenters. The number of hydrazine groups is 1. The molecule has 0 aliphatic rings. The monoisotopic (exact) mass is 411 g/mol. The van der Waals surface area contributed by atoms with Crippen LogP contribution in [0.15, 0.2) is 28.7 Å². The number of halogens is 1. The third kappa shape index (κ3) is 5.90. The Balaban J connectivity index is 2.68. The number of thiocarbonyl (C=S) groups is 1. The lowest BCUT2D eigenvalue weighted by atomic mass is 10.3. The van der Waals surface area contributed by atoms with Crippen LogP contribution in [0.1, 0.15) is 13.8 Å². The van der Waals surface area contributed by atoms with Crippen molar-refractivity contribution in [3.05, 3.63) is 28.7 Å². The number of nitrogens with zero attached hydrogens (tertiary/aromatic N) is 1. The lowest BCUT2D eigenvalue weighted by Gasteiger charge is -2.31. The molecular weight excluding hydrogens is 393 g/mol. The second-order valence-electron chi connectivity index (χ2n) is 3.87. The predicted octanol–water partition coefficient (Wildman–Crippen LogP) is 3.88. The smallest absolute Gasteiger partial charge is 0.281 e. The minimum atomic E-state index is -2.56. The summed E-state index contributed by atoms with van der Waals surface area (Å²) < 4.78 is 13.7. The van der Waals surface area contributed by atoms with Gasteiger partial charge >= 0.3 is 0 Å². The molecule has 0 fully saturated rings. The summed E-state index contributed by atoms with van der Waals surface area (Å²) in [7, 11) is 1.76. The van der Waals surface area contributed by atoms with Gasteiger partial charge in [0.15, 0.2) is 5.11 Å². The fourth-order valence-corrected chi connectivity index (χ4v) is 4.21. The molecule has 0 saturated carbocycles. The van der Waals surface area contributed by atoms with Gasteiger partial charge in [0.2, 0.25) is 0 Å². The van der Waals surface area contributed by atoms with Gasteiger partial charge < -0.3 is 14.4 Å². The van der Waals surface area contributed by atoms with E-state index in [-0.39, 0.29) is 0 Å². The van der Waals surface area contributed by atoms with Crippen LogP contribution in [0.25, 0.3) is 0 Å². The first-order chi connectivity index (χ1) is 9.92. The summed E-state index contributed by atoms with van der Waals surface area (Å²) in [6.45, 7) is 2.16. The zero-order valence-corrected chi connectivity index (χ0v) is 16.2. The first-order valence-corrected chi connectivity index (χ1v) is 10.2. The highest BCUT2D eigenvalue weighted by molar-refractivity contribution is 9.10. The van der Waals surface area contributed by atoms with Crippen molar-refractivity contribution in [1.82, 2.24) is 10.2 Å². The molecule has 0 aliphatic heterocycles. The van der Waals surface area contributed by atoms with Gasteiger partial charge in [-0.3, -0.25) is 5.43 Å². The molecule has 0 heterocycles. The lowest BCUT2D eigenvalue weighted by Crippen LogP contribution is -2.40. The van der Waals surface area contributed by atoms with E-state index in [1.807, 2.05) is 38.1 Å². The van der Waals surface area contributed by atoms with Crippen molar-refractivity contribution in [3.8, 4) is 0 Å². The first kappa shape index (κ1) is 19.0. The van der Waals surface area contributed by atoms with Crippen LogP contribution in [0.3, 0.4) is 0 Å². The van der Waals surface area contributed by atoms with Gasteiger partial charge in [0.25, 0.3) is 6.64 Å². The zero-order chi connectivity index (χ0) is 15.9. The summed E-state index contributed by atoms with van der Waals surface area (Å²) in [5, 5.41) is 3.50. The van der Waals surface area contributed by atoms with Gasteiger partial charge in [-0.25, -0.2) is 0 Å². The van der Waals surface area contributed by atoms with Crippen LogP contribution in [0.5, 0.6) is 0 Å². The van der Waals surface area contributed by atoms with E-state index in [0.717, 1.165) is 10.2 Å². The molecule has 1 aromatic carbocycles. The number of rotatable bonds is 7. The van der Waals surface area contributed by atoms with Crippen molar-refractivity contribution in [1.29, 1.82) is 0 Å². The largest absolute Gasteiger partial charge is 0.331 e. The van der Waals surface area contributed by atoms with Gasteiger partial charge in [0.05, 0.1) is 18.9 Å². The molecule has 2 N–H and O–H groups in total. The summed E-state index contributed by atoms with van der Waals surface area (Å²) in [5.41, 5.74) is 3.86. The van der Waals surface area contributed by atoms with Crippen LogP contribution in [-0.2, 0) is 20.9 Å². The van der Waals surface area contributed by atoms with E-state index >= 15 is 0 Å². The SMILES string of the molecule is CCOP(=S)(OCC)N(C)NC(=S)Nc1ccccc1Br. The Labute approximate surface area is 144 Å². The topological polar surface area (TPSA) is 45.8 Å². The maximum Gasteiger partial charge on any atom is 0.281 e. The molecule has 0 aliphatic carbocycles. The average molecular weight is 412 g/mol. The van der Waals surface area contributed by atoms with E-state index in [0.29, 0.717) is 18.3 Å². The Hall–Kier alpha value is -0.0800. The Bertz CT molecular complexity index is 523. The minimum Gasteiger partial charge on any atom is -0.331 e. The van der Waals surface area contributed by atoms with E-state index in [1.54, 1.807) is 11.8 Å².